The minimum atomic E-state index is 0.718. The van der Waals surface area contributed by atoms with Crippen LogP contribution in [0.25, 0.3) is 0 Å². The molecular weight excluding hydrogens is 164 g/mol. The summed E-state index contributed by atoms with van der Waals surface area (Å²) in [7, 11) is 1.94. The van der Waals surface area contributed by atoms with Gasteiger partial charge in [-0.15, -0.1) is 0 Å². The second kappa shape index (κ2) is 4.97. The van der Waals surface area contributed by atoms with Crippen molar-refractivity contribution in [2.24, 2.45) is 12.8 Å². The van der Waals surface area contributed by atoms with Gasteiger partial charge in [0.2, 0.25) is 0 Å². The Balaban J connectivity index is 2.60. The summed E-state index contributed by atoms with van der Waals surface area (Å²) < 4.78 is 1.86. The van der Waals surface area contributed by atoms with Crippen molar-refractivity contribution in [3.8, 4) is 0 Å². The number of nitrogens with two attached hydrogens (primary N) is 1. The van der Waals surface area contributed by atoms with Crippen molar-refractivity contribution in [1.29, 1.82) is 0 Å². The van der Waals surface area contributed by atoms with E-state index in [9.17, 15) is 0 Å². The largest absolute Gasteiger partial charge is 0.330 e. The third kappa shape index (κ3) is 2.81. The van der Waals surface area contributed by atoms with Gasteiger partial charge in [0, 0.05) is 19.9 Å². The smallest absolute Gasteiger partial charge is 0.150 e. The lowest BCUT2D eigenvalue weighted by atomic mass is 10.3. The van der Waals surface area contributed by atoms with Gasteiger partial charge in [0.1, 0.15) is 5.82 Å². The van der Waals surface area contributed by atoms with Crippen LogP contribution in [0.5, 0.6) is 0 Å². The predicted molar refractivity (Wildman–Crippen MR) is 52.4 cm³/mol. The van der Waals surface area contributed by atoms with Crippen LogP contribution < -0.4 is 5.73 Å². The van der Waals surface area contributed by atoms with Gasteiger partial charge in [0.05, 0.1) is 0 Å². The maximum atomic E-state index is 5.43. The van der Waals surface area contributed by atoms with E-state index in [0.717, 1.165) is 43.9 Å². The van der Waals surface area contributed by atoms with Gasteiger partial charge in [-0.05, 0) is 19.4 Å². The van der Waals surface area contributed by atoms with E-state index in [1.165, 1.54) is 0 Å². The molecule has 0 aromatic carbocycles. The molecule has 1 aromatic rings. The molecule has 0 saturated carbocycles. The molecule has 0 atom stereocenters. The van der Waals surface area contributed by atoms with Crippen molar-refractivity contribution in [3.63, 3.8) is 0 Å². The van der Waals surface area contributed by atoms with E-state index in [1.54, 1.807) is 0 Å². The topological polar surface area (TPSA) is 56.7 Å². The van der Waals surface area contributed by atoms with Crippen LogP contribution in [0.4, 0.5) is 0 Å². The molecule has 0 aliphatic heterocycles. The van der Waals surface area contributed by atoms with E-state index >= 15 is 0 Å². The van der Waals surface area contributed by atoms with E-state index in [4.69, 9.17) is 5.73 Å². The van der Waals surface area contributed by atoms with E-state index in [2.05, 4.69) is 17.0 Å². The van der Waals surface area contributed by atoms with Crippen molar-refractivity contribution in [2.45, 2.75) is 32.6 Å². The van der Waals surface area contributed by atoms with Crippen LogP contribution in [-0.4, -0.2) is 21.3 Å². The molecule has 4 nitrogen and oxygen atoms in total. The first-order chi connectivity index (χ1) is 6.27. The summed E-state index contributed by atoms with van der Waals surface area (Å²) in [4.78, 5) is 4.43. The molecular formula is C9H18N4. The second-order valence-electron chi connectivity index (χ2n) is 3.21. The number of aromatic nitrogens is 3. The lowest BCUT2D eigenvalue weighted by molar-refractivity contribution is 0.669. The zero-order valence-corrected chi connectivity index (χ0v) is 8.45. The summed E-state index contributed by atoms with van der Waals surface area (Å²) in [5.74, 6) is 2.01. The van der Waals surface area contributed by atoms with Crippen molar-refractivity contribution < 1.29 is 0 Å². The Bertz CT molecular complexity index is 254. The third-order valence-electron chi connectivity index (χ3n) is 1.98. The van der Waals surface area contributed by atoms with Gasteiger partial charge in [-0.3, -0.25) is 4.68 Å². The third-order valence-corrected chi connectivity index (χ3v) is 1.98. The maximum absolute atomic E-state index is 5.43. The summed E-state index contributed by atoms with van der Waals surface area (Å²) in [5.41, 5.74) is 5.43. The van der Waals surface area contributed by atoms with Gasteiger partial charge in [0.25, 0.3) is 0 Å². The van der Waals surface area contributed by atoms with Crippen LogP contribution in [0.1, 0.15) is 31.4 Å². The molecule has 0 spiro atoms. The van der Waals surface area contributed by atoms with E-state index in [1.807, 2.05) is 11.7 Å². The lowest BCUT2D eigenvalue weighted by Gasteiger charge is -1.96. The summed E-state index contributed by atoms with van der Waals surface area (Å²) in [6.07, 6.45) is 3.98. The normalized spacial score (nSPS) is 10.7. The molecule has 2 N–H and O–H groups in total. The van der Waals surface area contributed by atoms with Crippen molar-refractivity contribution in [1.82, 2.24) is 14.8 Å². The average Bonchev–Trinajstić information content (AvgIpc) is 2.44. The van der Waals surface area contributed by atoms with Crippen molar-refractivity contribution in [3.05, 3.63) is 11.6 Å². The summed E-state index contributed by atoms with van der Waals surface area (Å²) >= 11 is 0. The van der Waals surface area contributed by atoms with Crippen molar-refractivity contribution >= 4 is 0 Å². The molecule has 0 radical (unpaired) electrons. The number of rotatable bonds is 5. The van der Waals surface area contributed by atoms with Gasteiger partial charge in [0.15, 0.2) is 5.82 Å². The Hall–Kier alpha value is -0.900. The molecule has 1 heterocycles. The van der Waals surface area contributed by atoms with E-state index in [-0.39, 0.29) is 0 Å². The Kier molecular flexibility index (Phi) is 3.89. The molecule has 0 amide bonds. The van der Waals surface area contributed by atoms with Crippen LogP contribution in [0.15, 0.2) is 0 Å². The summed E-state index contributed by atoms with van der Waals surface area (Å²) in [6, 6.07) is 0. The standard InChI is InChI=1S/C9H18N4/c1-3-5-8-11-9(6-4-7-10)13(2)12-8/h3-7,10H2,1-2H3. The maximum Gasteiger partial charge on any atom is 0.150 e. The highest BCUT2D eigenvalue weighted by Gasteiger charge is 2.04. The zero-order valence-electron chi connectivity index (χ0n) is 8.45. The van der Waals surface area contributed by atoms with E-state index < -0.39 is 0 Å². The molecule has 1 aromatic heterocycles. The molecule has 0 aliphatic rings. The predicted octanol–water partition coefficient (Wildman–Crippen LogP) is 0.659. The number of hydrogen-bond acceptors (Lipinski definition) is 3. The molecule has 0 fully saturated rings. The fraction of sp³-hybridized carbons (Fsp3) is 0.778. The van der Waals surface area contributed by atoms with E-state index in [0.29, 0.717) is 0 Å². The molecule has 13 heavy (non-hydrogen) atoms. The first kappa shape index (κ1) is 10.2. The monoisotopic (exact) mass is 182 g/mol. The lowest BCUT2D eigenvalue weighted by Crippen LogP contribution is -2.04. The molecule has 4 heteroatoms. The minimum Gasteiger partial charge on any atom is -0.330 e. The zero-order chi connectivity index (χ0) is 9.68. The number of aryl methyl sites for hydroxylation is 3. The Morgan fingerprint density at radius 2 is 2.15 bits per heavy atom. The van der Waals surface area contributed by atoms with Crippen LogP contribution in [0.3, 0.4) is 0 Å². The van der Waals surface area contributed by atoms with Gasteiger partial charge in [-0.2, -0.15) is 5.10 Å². The number of hydrogen-bond donors (Lipinski definition) is 1. The molecule has 0 bridgehead atoms. The van der Waals surface area contributed by atoms with Crippen LogP contribution in [0, 0.1) is 0 Å². The van der Waals surface area contributed by atoms with Gasteiger partial charge < -0.3 is 5.73 Å². The average molecular weight is 182 g/mol. The fourth-order valence-corrected chi connectivity index (χ4v) is 1.28. The molecule has 0 saturated heterocycles. The van der Waals surface area contributed by atoms with Crippen molar-refractivity contribution in [2.75, 3.05) is 6.54 Å². The van der Waals surface area contributed by atoms with Gasteiger partial charge in [-0.25, -0.2) is 4.98 Å². The highest BCUT2D eigenvalue weighted by Crippen LogP contribution is 2.01. The summed E-state index contributed by atoms with van der Waals surface area (Å²) in [6.45, 7) is 2.85. The highest BCUT2D eigenvalue weighted by molar-refractivity contribution is 4.92. The SMILES string of the molecule is CCCc1nc(CCCN)n(C)n1. The molecule has 0 aliphatic carbocycles. The Morgan fingerprint density at radius 1 is 1.38 bits per heavy atom. The second-order valence-corrected chi connectivity index (χ2v) is 3.21. The van der Waals surface area contributed by atoms with Gasteiger partial charge >= 0.3 is 0 Å². The van der Waals surface area contributed by atoms with Crippen LogP contribution >= 0.6 is 0 Å². The first-order valence-electron chi connectivity index (χ1n) is 4.86. The Morgan fingerprint density at radius 3 is 2.77 bits per heavy atom. The highest BCUT2D eigenvalue weighted by atomic mass is 15.3. The quantitative estimate of drug-likeness (QED) is 0.727. The first-order valence-corrected chi connectivity index (χ1v) is 4.86. The van der Waals surface area contributed by atoms with Gasteiger partial charge in [-0.1, -0.05) is 6.92 Å². The molecule has 1 rings (SSSR count). The fourth-order valence-electron chi connectivity index (χ4n) is 1.28. The molecule has 0 unspecified atom stereocenters. The minimum absolute atomic E-state index is 0.718. The molecule has 74 valence electrons. The Labute approximate surface area is 79.2 Å². The van der Waals surface area contributed by atoms with Crippen LogP contribution in [-0.2, 0) is 19.9 Å². The number of nitrogens with zero attached hydrogens (tertiary/aromatic N) is 3. The summed E-state index contributed by atoms with van der Waals surface area (Å²) in [5, 5.41) is 4.32. The van der Waals surface area contributed by atoms with Crippen LogP contribution in [0.2, 0.25) is 0 Å².